The molecule has 0 spiro atoms. The first-order valence-electron chi connectivity index (χ1n) is 10.5. The number of aromatic nitrogens is 4. The van der Waals surface area contributed by atoms with E-state index in [0.717, 1.165) is 27.9 Å². The number of benzene rings is 3. The molecule has 0 unspecified atom stereocenters. The van der Waals surface area contributed by atoms with Gasteiger partial charge < -0.3 is 5.32 Å². The van der Waals surface area contributed by atoms with Gasteiger partial charge >= 0.3 is 0 Å². The van der Waals surface area contributed by atoms with Crippen LogP contribution in [0.5, 0.6) is 0 Å². The molecule has 162 valence electrons. The molecule has 0 bridgehead atoms. The van der Waals surface area contributed by atoms with Gasteiger partial charge in [0.15, 0.2) is 0 Å². The van der Waals surface area contributed by atoms with Gasteiger partial charge in [-0.25, -0.2) is 0 Å². The number of nitrogens with zero attached hydrogens (tertiary/aromatic N) is 4. The van der Waals surface area contributed by atoms with Crippen LogP contribution in [0.15, 0.2) is 78.0 Å². The lowest BCUT2D eigenvalue weighted by Crippen LogP contribution is -2.28. The Morgan fingerprint density at radius 2 is 1.59 bits per heavy atom. The summed E-state index contributed by atoms with van der Waals surface area (Å²) >= 11 is 1.33. The highest BCUT2D eigenvalue weighted by atomic mass is 32.2. The molecule has 0 aliphatic rings. The predicted molar refractivity (Wildman–Crippen MR) is 128 cm³/mol. The number of carbonyl (C=O) groups is 1. The number of aryl methyl sites for hydroxylation is 2. The summed E-state index contributed by atoms with van der Waals surface area (Å²) in [6, 6.07) is 24.5. The topological polar surface area (TPSA) is 72.7 Å². The molecule has 0 fully saturated rings. The van der Waals surface area contributed by atoms with Crippen LogP contribution in [0.4, 0.5) is 0 Å². The number of nitrogens with one attached hydrogen (secondary N) is 1. The van der Waals surface area contributed by atoms with Crippen LogP contribution in [-0.4, -0.2) is 31.9 Å². The summed E-state index contributed by atoms with van der Waals surface area (Å²) in [5.74, 6) is 0.170. The Hall–Kier alpha value is -3.45. The van der Waals surface area contributed by atoms with Crippen LogP contribution in [0.2, 0.25) is 0 Å². The van der Waals surface area contributed by atoms with E-state index in [2.05, 4.69) is 57.2 Å². The van der Waals surface area contributed by atoms with Crippen molar-refractivity contribution >= 4 is 17.7 Å². The normalized spacial score (nSPS) is 11.8. The molecule has 0 saturated heterocycles. The Labute approximate surface area is 192 Å². The lowest BCUT2D eigenvalue weighted by Gasteiger charge is -2.15. The first-order valence-corrected chi connectivity index (χ1v) is 11.4. The van der Waals surface area contributed by atoms with E-state index in [4.69, 9.17) is 0 Å². The highest BCUT2D eigenvalue weighted by Gasteiger charge is 2.16. The van der Waals surface area contributed by atoms with Gasteiger partial charge in [-0.15, -0.1) is 5.10 Å². The standard InChI is InChI=1S/C25H25N5OS/c1-17-8-7-9-18(2)24(17)30-25(27-28-29-30)32-16-23(31)26-19(3)20-12-14-22(15-13-20)21-10-5-4-6-11-21/h4-15,19H,16H2,1-3H3,(H,26,31)/t19-/m0/s1. The summed E-state index contributed by atoms with van der Waals surface area (Å²) < 4.78 is 1.70. The van der Waals surface area contributed by atoms with Crippen molar-refractivity contribution in [2.75, 3.05) is 5.75 Å². The van der Waals surface area contributed by atoms with Gasteiger partial charge in [-0.2, -0.15) is 4.68 Å². The minimum atomic E-state index is -0.0949. The zero-order chi connectivity index (χ0) is 22.5. The van der Waals surface area contributed by atoms with Crippen LogP contribution in [-0.2, 0) is 4.79 Å². The third kappa shape index (κ3) is 4.89. The minimum absolute atomic E-state index is 0.0642. The van der Waals surface area contributed by atoms with E-state index in [0.29, 0.717) is 5.16 Å². The molecule has 4 aromatic rings. The number of carbonyl (C=O) groups excluding carboxylic acids is 1. The second-order valence-corrected chi connectivity index (χ2v) is 8.62. The molecule has 3 aromatic carbocycles. The average Bonchev–Trinajstić information content (AvgIpc) is 3.26. The fourth-order valence-electron chi connectivity index (χ4n) is 3.64. The maximum atomic E-state index is 12.6. The predicted octanol–water partition coefficient (Wildman–Crippen LogP) is 4.92. The number of amides is 1. The Kier molecular flexibility index (Phi) is 6.66. The van der Waals surface area contributed by atoms with Crippen LogP contribution in [0.1, 0.15) is 29.7 Å². The quantitative estimate of drug-likeness (QED) is 0.411. The molecule has 1 heterocycles. The molecule has 32 heavy (non-hydrogen) atoms. The van der Waals surface area contributed by atoms with Crippen molar-refractivity contribution in [3.05, 3.63) is 89.5 Å². The number of tetrazole rings is 1. The van der Waals surface area contributed by atoms with Crippen molar-refractivity contribution < 1.29 is 4.79 Å². The molecule has 1 amide bonds. The van der Waals surface area contributed by atoms with Gasteiger partial charge in [0.1, 0.15) is 0 Å². The molecule has 0 saturated carbocycles. The number of hydrogen-bond acceptors (Lipinski definition) is 5. The summed E-state index contributed by atoms with van der Waals surface area (Å²) in [7, 11) is 0. The van der Waals surface area contributed by atoms with Crippen molar-refractivity contribution in [2.45, 2.75) is 32.0 Å². The van der Waals surface area contributed by atoms with Crippen molar-refractivity contribution in [3.8, 4) is 16.8 Å². The molecule has 1 aromatic heterocycles. The average molecular weight is 444 g/mol. The fraction of sp³-hybridized carbons (Fsp3) is 0.200. The van der Waals surface area contributed by atoms with Gasteiger partial charge in [-0.1, -0.05) is 84.6 Å². The summed E-state index contributed by atoms with van der Waals surface area (Å²) in [5, 5.41) is 15.7. The summed E-state index contributed by atoms with van der Waals surface area (Å²) in [6.45, 7) is 6.03. The minimum Gasteiger partial charge on any atom is -0.349 e. The first kappa shape index (κ1) is 21.8. The summed E-state index contributed by atoms with van der Waals surface area (Å²) in [4.78, 5) is 12.6. The van der Waals surface area contributed by atoms with E-state index in [1.165, 1.54) is 17.3 Å². The fourth-order valence-corrected chi connectivity index (χ4v) is 4.33. The zero-order valence-electron chi connectivity index (χ0n) is 18.3. The molecule has 0 aliphatic carbocycles. The number of hydrogen-bond donors (Lipinski definition) is 1. The van der Waals surface area contributed by atoms with Crippen molar-refractivity contribution in [1.82, 2.24) is 25.5 Å². The highest BCUT2D eigenvalue weighted by molar-refractivity contribution is 7.99. The molecule has 0 radical (unpaired) electrons. The molecule has 7 heteroatoms. The van der Waals surface area contributed by atoms with E-state index in [9.17, 15) is 4.79 Å². The van der Waals surface area contributed by atoms with E-state index in [1.54, 1.807) is 4.68 Å². The van der Waals surface area contributed by atoms with Crippen LogP contribution in [0.25, 0.3) is 16.8 Å². The van der Waals surface area contributed by atoms with Crippen molar-refractivity contribution in [2.24, 2.45) is 0 Å². The van der Waals surface area contributed by atoms with Crippen molar-refractivity contribution in [3.63, 3.8) is 0 Å². The third-order valence-electron chi connectivity index (χ3n) is 5.32. The molecule has 4 rings (SSSR count). The van der Waals surface area contributed by atoms with E-state index >= 15 is 0 Å². The molecule has 1 N–H and O–H groups in total. The van der Waals surface area contributed by atoms with Crippen LogP contribution in [0.3, 0.4) is 0 Å². The molecule has 0 aliphatic heterocycles. The Morgan fingerprint density at radius 1 is 0.938 bits per heavy atom. The summed E-state index contributed by atoms with van der Waals surface area (Å²) in [6.07, 6.45) is 0. The highest BCUT2D eigenvalue weighted by Crippen LogP contribution is 2.24. The molecule has 1 atom stereocenters. The molecule has 6 nitrogen and oxygen atoms in total. The second kappa shape index (κ2) is 9.78. The molecular formula is C25H25N5OS. The maximum Gasteiger partial charge on any atom is 0.230 e. The van der Waals surface area contributed by atoms with Crippen LogP contribution < -0.4 is 5.32 Å². The van der Waals surface area contributed by atoms with Gasteiger partial charge in [-0.3, -0.25) is 4.79 Å². The Balaban J connectivity index is 1.37. The lowest BCUT2D eigenvalue weighted by atomic mass is 10.0. The third-order valence-corrected chi connectivity index (χ3v) is 6.24. The van der Waals surface area contributed by atoms with Gasteiger partial charge in [0.25, 0.3) is 0 Å². The first-order chi connectivity index (χ1) is 15.5. The maximum absolute atomic E-state index is 12.6. The van der Waals surface area contributed by atoms with Gasteiger partial charge in [0.2, 0.25) is 11.1 Å². The van der Waals surface area contributed by atoms with E-state index in [1.807, 2.05) is 57.2 Å². The van der Waals surface area contributed by atoms with E-state index in [-0.39, 0.29) is 17.7 Å². The number of thioether (sulfide) groups is 1. The zero-order valence-corrected chi connectivity index (χ0v) is 19.1. The summed E-state index contributed by atoms with van der Waals surface area (Å²) in [5.41, 5.74) is 6.50. The number of rotatable bonds is 7. The van der Waals surface area contributed by atoms with Crippen LogP contribution in [0, 0.1) is 13.8 Å². The van der Waals surface area contributed by atoms with Gasteiger partial charge in [-0.05, 0) is 59.0 Å². The Bertz CT molecular complexity index is 1180. The second-order valence-electron chi connectivity index (χ2n) is 7.68. The number of para-hydroxylation sites is 1. The van der Waals surface area contributed by atoms with Gasteiger partial charge in [0.05, 0.1) is 17.5 Å². The monoisotopic (exact) mass is 443 g/mol. The SMILES string of the molecule is Cc1cccc(C)c1-n1nnnc1SCC(=O)N[C@@H](C)c1ccc(-c2ccccc2)cc1. The Morgan fingerprint density at radius 3 is 2.28 bits per heavy atom. The molecular weight excluding hydrogens is 418 g/mol. The van der Waals surface area contributed by atoms with Crippen molar-refractivity contribution in [1.29, 1.82) is 0 Å². The van der Waals surface area contributed by atoms with E-state index < -0.39 is 0 Å². The lowest BCUT2D eigenvalue weighted by molar-refractivity contribution is -0.119. The van der Waals surface area contributed by atoms with Crippen LogP contribution >= 0.6 is 11.8 Å². The largest absolute Gasteiger partial charge is 0.349 e. The van der Waals surface area contributed by atoms with Gasteiger partial charge in [0, 0.05) is 0 Å². The smallest absolute Gasteiger partial charge is 0.230 e.